The van der Waals surface area contributed by atoms with Crippen LogP contribution in [0.1, 0.15) is 50.2 Å². The molecule has 2 aliphatic rings. The Balaban J connectivity index is 1.52. The molecule has 1 saturated heterocycles. The van der Waals surface area contributed by atoms with Crippen molar-refractivity contribution in [2.75, 3.05) is 13.6 Å². The Kier molecular flexibility index (Phi) is 3.94. The highest BCUT2D eigenvalue weighted by atomic mass is 16.3. The monoisotopic (exact) mass is 262 g/mol. The van der Waals surface area contributed by atoms with Gasteiger partial charge in [0.15, 0.2) is 0 Å². The van der Waals surface area contributed by atoms with Crippen LogP contribution in [-0.2, 0) is 6.54 Å². The number of hydrogen-bond acceptors (Lipinski definition) is 2. The lowest BCUT2D eigenvalue weighted by Crippen LogP contribution is -2.36. The molecule has 1 aromatic heterocycles. The molecule has 1 saturated carbocycles. The van der Waals surface area contributed by atoms with Crippen LogP contribution in [0.2, 0.25) is 0 Å². The maximum absolute atomic E-state index is 10.1. The number of likely N-dealkylation sites (tertiary alicyclic amines) is 1. The standard InChI is InChI=1S/C16H26N2O/c1-17-9-3-2-4-15(17)8-11-18-10-7-14(12-18)16(19)13-5-6-13/h7,10,12-13,15-16,19H,2-6,8-9,11H2,1H3. The molecule has 1 aromatic rings. The highest BCUT2D eigenvalue weighted by Crippen LogP contribution is 2.40. The van der Waals surface area contributed by atoms with Gasteiger partial charge in [0, 0.05) is 25.0 Å². The van der Waals surface area contributed by atoms with Gasteiger partial charge in [-0.2, -0.15) is 0 Å². The number of aliphatic hydroxyl groups is 1. The summed E-state index contributed by atoms with van der Waals surface area (Å²) in [7, 11) is 2.25. The molecule has 2 atom stereocenters. The third-order valence-corrected chi connectivity index (χ3v) is 4.83. The summed E-state index contributed by atoms with van der Waals surface area (Å²) < 4.78 is 2.25. The van der Waals surface area contributed by atoms with Gasteiger partial charge in [0.1, 0.15) is 0 Å². The van der Waals surface area contributed by atoms with Crippen molar-refractivity contribution in [3.8, 4) is 0 Å². The molecule has 0 bridgehead atoms. The Labute approximate surface area is 116 Å². The van der Waals surface area contributed by atoms with Gasteiger partial charge in [-0.3, -0.25) is 0 Å². The fraction of sp³-hybridized carbons (Fsp3) is 0.750. The van der Waals surface area contributed by atoms with Gasteiger partial charge < -0.3 is 14.6 Å². The summed E-state index contributed by atoms with van der Waals surface area (Å²) in [5.41, 5.74) is 1.11. The number of aliphatic hydroxyl groups excluding tert-OH is 1. The Bertz CT molecular complexity index is 411. The molecule has 2 unspecified atom stereocenters. The van der Waals surface area contributed by atoms with Gasteiger partial charge in [0.05, 0.1) is 6.10 Å². The molecule has 2 fully saturated rings. The van der Waals surface area contributed by atoms with Crippen molar-refractivity contribution < 1.29 is 5.11 Å². The number of nitrogens with zero attached hydrogens (tertiary/aromatic N) is 2. The molecular weight excluding hydrogens is 236 g/mol. The van der Waals surface area contributed by atoms with Crippen LogP contribution in [0, 0.1) is 5.92 Å². The molecule has 1 N–H and O–H groups in total. The molecule has 0 radical (unpaired) electrons. The first-order valence-corrected chi connectivity index (χ1v) is 7.78. The molecule has 3 heteroatoms. The van der Waals surface area contributed by atoms with Gasteiger partial charge in [0.2, 0.25) is 0 Å². The third kappa shape index (κ3) is 3.21. The minimum absolute atomic E-state index is 0.224. The van der Waals surface area contributed by atoms with Crippen LogP contribution in [0.5, 0.6) is 0 Å². The lowest BCUT2D eigenvalue weighted by Gasteiger charge is -2.32. The van der Waals surface area contributed by atoms with Crippen molar-refractivity contribution in [1.29, 1.82) is 0 Å². The fourth-order valence-electron chi connectivity index (χ4n) is 3.26. The first-order chi connectivity index (χ1) is 9.24. The molecule has 1 aliphatic carbocycles. The summed E-state index contributed by atoms with van der Waals surface area (Å²) in [4.78, 5) is 2.51. The topological polar surface area (TPSA) is 28.4 Å². The van der Waals surface area contributed by atoms with Gasteiger partial charge in [0.25, 0.3) is 0 Å². The Hall–Kier alpha value is -0.800. The predicted octanol–water partition coefficient (Wildman–Crippen LogP) is 2.81. The van der Waals surface area contributed by atoms with Crippen LogP contribution in [0.15, 0.2) is 18.5 Å². The van der Waals surface area contributed by atoms with Crippen LogP contribution in [0.4, 0.5) is 0 Å². The van der Waals surface area contributed by atoms with Gasteiger partial charge >= 0.3 is 0 Å². The maximum Gasteiger partial charge on any atom is 0.0832 e. The number of rotatable bonds is 5. The number of piperidine rings is 1. The van der Waals surface area contributed by atoms with Crippen LogP contribution in [0.25, 0.3) is 0 Å². The van der Waals surface area contributed by atoms with Gasteiger partial charge in [-0.05, 0) is 63.2 Å². The molecule has 3 rings (SSSR count). The van der Waals surface area contributed by atoms with E-state index in [2.05, 4.69) is 35.0 Å². The molecule has 106 valence electrons. The Morgan fingerprint density at radius 3 is 2.89 bits per heavy atom. The van der Waals surface area contributed by atoms with E-state index in [-0.39, 0.29) is 6.10 Å². The van der Waals surface area contributed by atoms with E-state index in [1.807, 2.05) is 0 Å². The van der Waals surface area contributed by atoms with Crippen LogP contribution < -0.4 is 0 Å². The molecule has 2 heterocycles. The second kappa shape index (κ2) is 5.68. The van der Waals surface area contributed by atoms with E-state index in [0.29, 0.717) is 5.92 Å². The van der Waals surface area contributed by atoms with Crippen molar-refractivity contribution in [2.24, 2.45) is 5.92 Å². The number of aryl methyl sites for hydroxylation is 1. The largest absolute Gasteiger partial charge is 0.388 e. The Morgan fingerprint density at radius 2 is 2.16 bits per heavy atom. The minimum Gasteiger partial charge on any atom is -0.388 e. The van der Waals surface area contributed by atoms with Crippen LogP contribution >= 0.6 is 0 Å². The quantitative estimate of drug-likeness (QED) is 0.884. The van der Waals surface area contributed by atoms with E-state index in [1.54, 1.807) is 0 Å². The SMILES string of the molecule is CN1CCCCC1CCn1ccc(C(O)C2CC2)c1. The van der Waals surface area contributed by atoms with Gasteiger partial charge in [-0.15, -0.1) is 0 Å². The van der Waals surface area contributed by atoms with E-state index in [1.165, 1.54) is 45.1 Å². The van der Waals surface area contributed by atoms with Crippen molar-refractivity contribution in [1.82, 2.24) is 9.47 Å². The molecular formula is C16H26N2O. The summed E-state index contributed by atoms with van der Waals surface area (Å²) in [5, 5.41) is 10.1. The zero-order valence-corrected chi connectivity index (χ0v) is 12.0. The normalized spacial score (nSPS) is 26.5. The summed E-state index contributed by atoms with van der Waals surface area (Å²) in [5.74, 6) is 0.528. The second-order valence-corrected chi connectivity index (χ2v) is 6.38. The van der Waals surface area contributed by atoms with E-state index < -0.39 is 0 Å². The predicted molar refractivity (Wildman–Crippen MR) is 77.0 cm³/mol. The molecule has 1 aliphatic heterocycles. The minimum atomic E-state index is -0.224. The summed E-state index contributed by atoms with van der Waals surface area (Å²) in [6.07, 6.45) is 11.7. The first kappa shape index (κ1) is 13.2. The van der Waals surface area contributed by atoms with E-state index in [4.69, 9.17) is 0 Å². The summed E-state index contributed by atoms with van der Waals surface area (Å²) >= 11 is 0. The molecule has 0 amide bonds. The van der Waals surface area contributed by atoms with Crippen molar-refractivity contribution >= 4 is 0 Å². The maximum atomic E-state index is 10.1. The second-order valence-electron chi connectivity index (χ2n) is 6.38. The van der Waals surface area contributed by atoms with Crippen molar-refractivity contribution in [3.63, 3.8) is 0 Å². The fourth-order valence-corrected chi connectivity index (χ4v) is 3.26. The average Bonchev–Trinajstić information content (AvgIpc) is 3.16. The van der Waals surface area contributed by atoms with E-state index >= 15 is 0 Å². The van der Waals surface area contributed by atoms with Crippen molar-refractivity contribution in [2.45, 2.75) is 57.2 Å². The van der Waals surface area contributed by atoms with Gasteiger partial charge in [-0.1, -0.05) is 6.42 Å². The van der Waals surface area contributed by atoms with Crippen molar-refractivity contribution in [3.05, 3.63) is 24.0 Å². The molecule has 0 spiro atoms. The Morgan fingerprint density at radius 1 is 1.32 bits per heavy atom. The summed E-state index contributed by atoms with van der Waals surface area (Å²) in [6.45, 7) is 2.33. The number of hydrogen-bond donors (Lipinski definition) is 1. The van der Waals surface area contributed by atoms with E-state index in [0.717, 1.165) is 18.2 Å². The first-order valence-electron chi connectivity index (χ1n) is 7.78. The number of aromatic nitrogens is 1. The highest BCUT2D eigenvalue weighted by Gasteiger charge is 2.31. The highest BCUT2D eigenvalue weighted by molar-refractivity contribution is 5.16. The molecule has 0 aromatic carbocycles. The molecule has 19 heavy (non-hydrogen) atoms. The van der Waals surface area contributed by atoms with E-state index in [9.17, 15) is 5.11 Å². The van der Waals surface area contributed by atoms with Crippen LogP contribution in [0.3, 0.4) is 0 Å². The molecule has 3 nitrogen and oxygen atoms in total. The summed E-state index contributed by atoms with van der Waals surface area (Å²) in [6, 6.07) is 2.83. The zero-order valence-electron chi connectivity index (χ0n) is 12.0. The van der Waals surface area contributed by atoms with Gasteiger partial charge in [-0.25, -0.2) is 0 Å². The average molecular weight is 262 g/mol. The lowest BCUT2D eigenvalue weighted by atomic mass is 10.0. The van der Waals surface area contributed by atoms with Crippen LogP contribution in [-0.4, -0.2) is 34.2 Å². The smallest absolute Gasteiger partial charge is 0.0832 e. The zero-order chi connectivity index (χ0) is 13.2. The third-order valence-electron chi connectivity index (χ3n) is 4.83. The lowest BCUT2D eigenvalue weighted by molar-refractivity contribution is 0.153.